The molecule has 1 aliphatic rings. The number of hydrogen-bond donors (Lipinski definition) is 1. The number of hydrogen-bond acceptors (Lipinski definition) is 3. The van der Waals surface area contributed by atoms with E-state index in [9.17, 15) is 0 Å². The van der Waals surface area contributed by atoms with E-state index in [0.717, 1.165) is 35.8 Å². The molecule has 21 heavy (non-hydrogen) atoms. The van der Waals surface area contributed by atoms with Crippen LogP contribution in [0.2, 0.25) is 0 Å². The molecule has 1 fully saturated rings. The number of fused-ring (bicyclic) bond motifs is 1. The maximum absolute atomic E-state index is 6.11. The Morgan fingerprint density at radius 2 is 2.00 bits per heavy atom. The van der Waals surface area contributed by atoms with Gasteiger partial charge in [-0.25, -0.2) is 0 Å². The van der Waals surface area contributed by atoms with Gasteiger partial charge in [-0.3, -0.25) is 4.98 Å². The second-order valence-electron chi connectivity index (χ2n) is 7.34. The first-order chi connectivity index (χ1) is 9.86. The van der Waals surface area contributed by atoms with E-state index in [-0.39, 0.29) is 0 Å². The Balaban J connectivity index is 2.02. The van der Waals surface area contributed by atoms with Crippen molar-refractivity contribution in [2.75, 3.05) is 23.7 Å². The van der Waals surface area contributed by atoms with Crippen LogP contribution in [0, 0.1) is 18.3 Å². The number of aromatic nitrogens is 1. The van der Waals surface area contributed by atoms with E-state index in [0.29, 0.717) is 5.41 Å². The number of nitrogen functional groups attached to an aromatic ring is 1. The number of aryl methyl sites for hydroxylation is 1. The Labute approximate surface area is 127 Å². The summed E-state index contributed by atoms with van der Waals surface area (Å²) in [4.78, 5) is 6.90. The third-order valence-corrected chi connectivity index (χ3v) is 4.80. The van der Waals surface area contributed by atoms with E-state index < -0.39 is 0 Å². The molecule has 0 amide bonds. The van der Waals surface area contributed by atoms with E-state index in [2.05, 4.69) is 42.8 Å². The fourth-order valence-electron chi connectivity index (χ4n) is 3.31. The van der Waals surface area contributed by atoms with Crippen LogP contribution in [0.3, 0.4) is 0 Å². The van der Waals surface area contributed by atoms with Gasteiger partial charge in [0, 0.05) is 47.1 Å². The van der Waals surface area contributed by atoms with Crippen LogP contribution < -0.4 is 10.6 Å². The number of nitrogens with zero attached hydrogens (tertiary/aromatic N) is 2. The van der Waals surface area contributed by atoms with Gasteiger partial charge in [-0.15, -0.1) is 0 Å². The summed E-state index contributed by atoms with van der Waals surface area (Å²) in [5.41, 5.74) is 9.64. The van der Waals surface area contributed by atoms with Gasteiger partial charge in [0.05, 0.1) is 0 Å². The average molecular weight is 283 g/mol. The molecule has 3 nitrogen and oxygen atoms in total. The molecule has 2 aromatic rings. The van der Waals surface area contributed by atoms with Crippen LogP contribution in [0.1, 0.15) is 32.9 Å². The van der Waals surface area contributed by atoms with Crippen molar-refractivity contribution in [3.8, 4) is 0 Å². The summed E-state index contributed by atoms with van der Waals surface area (Å²) in [5.74, 6) is 0.744. The van der Waals surface area contributed by atoms with E-state index >= 15 is 0 Å². The molecule has 1 aromatic heterocycles. The first-order valence-electron chi connectivity index (χ1n) is 7.76. The lowest BCUT2D eigenvalue weighted by atomic mass is 9.80. The molecule has 0 saturated carbocycles. The SMILES string of the molecule is Cc1cc2c(N3CCC(C(C)(C)C)C3)ccc(N)c2cn1. The summed E-state index contributed by atoms with van der Waals surface area (Å²) >= 11 is 0. The zero-order valence-electron chi connectivity index (χ0n) is 13.5. The Morgan fingerprint density at radius 3 is 2.67 bits per heavy atom. The Hall–Kier alpha value is -1.77. The minimum Gasteiger partial charge on any atom is -0.398 e. The molecule has 0 spiro atoms. The van der Waals surface area contributed by atoms with Gasteiger partial charge in [0.25, 0.3) is 0 Å². The van der Waals surface area contributed by atoms with E-state index in [1.54, 1.807) is 0 Å². The van der Waals surface area contributed by atoms with Gasteiger partial charge in [-0.2, -0.15) is 0 Å². The number of anilines is 2. The highest BCUT2D eigenvalue weighted by molar-refractivity contribution is 6.01. The van der Waals surface area contributed by atoms with Crippen LogP contribution in [0.25, 0.3) is 10.8 Å². The maximum atomic E-state index is 6.11. The van der Waals surface area contributed by atoms with E-state index in [1.165, 1.54) is 17.5 Å². The smallest absolute Gasteiger partial charge is 0.0448 e. The molecule has 2 N–H and O–H groups in total. The summed E-state index contributed by atoms with van der Waals surface area (Å²) in [6, 6.07) is 6.34. The van der Waals surface area contributed by atoms with Crippen molar-refractivity contribution < 1.29 is 0 Å². The van der Waals surface area contributed by atoms with Gasteiger partial charge in [-0.05, 0) is 42.9 Å². The number of pyridine rings is 1. The summed E-state index contributed by atoms with van der Waals surface area (Å²) in [7, 11) is 0. The van der Waals surface area contributed by atoms with Crippen molar-refractivity contribution >= 4 is 22.1 Å². The summed E-state index contributed by atoms with van der Waals surface area (Å²) < 4.78 is 0. The van der Waals surface area contributed by atoms with Crippen molar-refractivity contribution in [3.63, 3.8) is 0 Å². The number of benzene rings is 1. The zero-order chi connectivity index (χ0) is 15.2. The lowest BCUT2D eigenvalue weighted by molar-refractivity contribution is 0.263. The molecule has 2 heterocycles. The lowest BCUT2D eigenvalue weighted by Gasteiger charge is -2.28. The number of rotatable bonds is 1. The Bertz CT molecular complexity index is 670. The molecule has 1 atom stereocenters. The van der Waals surface area contributed by atoms with Gasteiger partial charge in [0.1, 0.15) is 0 Å². The largest absolute Gasteiger partial charge is 0.398 e. The molecule has 1 aromatic carbocycles. The third-order valence-electron chi connectivity index (χ3n) is 4.80. The predicted octanol–water partition coefficient (Wildman–Crippen LogP) is 4.00. The Morgan fingerprint density at radius 1 is 1.24 bits per heavy atom. The van der Waals surface area contributed by atoms with Gasteiger partial charge >= 0.3 is 0 Å². The highest BCUT2D eigenvalue weighted by atomic mass is 15.2. The molecule has 1 unspecified atom stereocenters. The molecular formula is C18H25N3. The van der Waals surface area contributed by atoms with Crippen LogP contribution in [0.4, 0.5) is 11.4 Å². The zero-order valence-corrected chi connectivity index (χ0v) is 13.5. The number of nitrogens with two attached hydrogens (primary N) is 1. The molecule has 1 aliphatic heterocycles. The van der Waals surface area contributed by atoms with Gasteiger partial charge < -0.3 is 10.6 Å². The van der Waals surface area contributed by atoms with E-state index in [1.807, 2.05) is 19.2 Å². The van der Waals surface area contributed by atoms with Crippen molar-refractivity contribution in [1.82, 2.24) is 4.98 Å². The fourth-order valence-corrected chi connectivity index (χ4v) is 3.31. The van der Waals surface area contributed by atoms with Crippen LogP contribution in [-0.2, 0) is 0 Å². The van der Waals surface area contributed by atoms with Gasteiger partial charge in [0.2, 0.25) is 0 Å². The topological polar surface area (TPSA) is 42.1 Å². The summed E-state index contributed by atoms with van der Waals surface area (Å²) in [5, 5.41) is 2.30. The molecule has 3 heteroatoms. The molecule has 0 bridgehead atoms. The first kappa shape index (κ1) is 14.2. The standard InChI is InChI=1S/C18H25N3/c1-12-9-14-15(10-20-12)16(19)5-6-17(14)21-8-7-13(11-21)18(2,3)4/h5-6,9-10,13H,7-8,11,19H2,1-4H3. The normalized spacial score (nSPS) is 19.4. The second kappa shape index (κ2) is 4.90. The van der Waals surface area contributed by atoms with Gasteiger partial charge in [0.15, 0.2) is 0 Å². The van der Waals surface area contributed by atoms with Crippen molar-refractivity contribution in [3.05, 3.63) is 30.1 Å². The minimum absolute atomic E-state index is 0.371. The van der Waals surface area contributed by atoms with E-state index in [4.69, 9.17) is 5.73 Å². The average Bonchev–Trinajstić information content (AvgIpc) is 2.88. The Kier molecular flexibility index (Phi) is 3.31. The summed E-state index contributed by atoms with van der Waals surface area (Å²) in [6.07, 6.45) is 3.17. The molecule has 1 saturated heterocycles. The molecule has 3 rings (SSSR count). The van der Waals surface area contributed by atoms with Crippen molar-refractivity contribution in [2.45, 2.75) is 34.1 Å². The quantitative estimate of drug-likeness (QED) is 0.804. The van der Waals surface area contributed by atoms with Crippen LogP contribution in [-0.4, -0.2) is 18.1 Å². The monoisotopic (exact) mass is 283 g/mol. The summed E-state index contributed by atoms with van der Waals surface area (Å²) in [6.45, 7) is 11.3. The minimum atomic E-state index is 0.371. The van der Waals surface area contributed by atoms with Gasteiger partial charge in [-0.1, -0.05) is 20.8 Å². The van der Waals surface area contributed by atoms with Crippen LogP contribution >= 0.6 is 0 Å². The maximum Gasteiger partial charge on any atom is 0.0448 e. The first-order valence-corrected chi connectivity index (χ1v) is 7.76. The lowest BCUT2D eigenvalue weighted by Crippen LogP contribution is -2.26. The van der Waals surface area contributed by atoms with Crippen molar-refractivity contribution in [2.24, 2.45) is 11.3 Å². The highest BCUT2D eigenvalue weighted by Gasteiger charge is 2.32. The second-order valence-corrected chi connectivity index (χ2v) is 7.34. The third kappa shape index (κ3) is 2.57. The highest BCUT2D eigenvalue weighted by Crippen LogP contribution is 2.38. The molecular weight excluding hydrogens is 258 g/mol. The van der Waals surface area contributed by atoms with Crippen molar-refractivity contribution in [1.29, 1.82) is 0 Å². The predicted molar refractivity (Wildman–Crippen MR) is 90.7 cm³/mol. The molecule has 112 valence electrons. The van der Waals surface area contributed by atoms with Crippen LogP contribution in [0.15, 0.2) is 24.4 Å². The van der Waals surface area contributed by atoms with Crippen LogP contribution in [0.5, 0.6) is 0 Å². The molecule has 0 radical (unpaired) electrons. The fraction of sp³-hybridized carbons (Fsp3) is 0.500. The molecule has 0 aliphatic carbocycles.